The van der Waals surface area contributed by atoms with Gasteiger partial charge in [0.25, 0.3) is 0 Å². The van der Waals surface area contributed by atoms with Crippen molar-refractivity contribution in [2.45, 2.75) is 18.3 Å². The Labute approximate surface area is 132 Å². The van der Waals surface area contributed by atoms with Crippen LogP contribution < -0.4 is 10.0 Å². The molecule has 0 rings (SSSR count). The van der Waals surface area contributed by atoms with Gasteiger partial charge in [-0.3, -0.25) is 4.79 Å². The van der Waals surface area contributed by atoms with Gasteiger partial charge in [0, 0.05) is 12.7 Å². The van der Waals surface area contributed by atoms with E-state index < -0.39 is 39.3 Å². The summed E-state index contributed by atoms with van der Waals surface area (Å²) in [6.45, 7) is 1.18. The summed E-state index contributed by atoms with van der Waals surface area (Å²) in [6, 6.07) is -1.10. The second-order valence-corrected chi connectivity index (χ2v) is 9.71. The Morgan fingerprint density at radius 1 is 1.19 bits per heavy atom. The van der Waals surface area contributed by atoms with Gasteiger partial charge in [0.05, 0.1) is 6.26 Å². The largest absolute Gasteiger partial charge is 0.480 e. The zero-order valence-electron chi connectivity index (χ0n) is 10.9. The van der Waals surface area contributed by atoms with E-state index in [1.807, 2.05) is 4.72 Å². The average Bonchev–Trinajstić information content (AvgIpc) is 2.28. The number of rotatable bonds is 10. The minimum atomic E-state index is -3.68. The summed E-state index contributed by atoms with van der Waals surface area (Å²) in [5, 5.41) is 18.5. The van der Waals surface area contributed by atoms with Crippen LogP contribution in [0, 0.1) is 0 Å². The maximum absolute atomic E-state index is 11.0. The molecule has 0 spiro atoms. The smallest absolute Gasteiger partial charge is 0.333 e. The Bertz CT molecular complexity index is 495. The van der Waals surface area contributed by atoms with Crippen molar-refractivity contribution in [2.75, 3.05) is 12.0 Å². The van der Waals surface area contributed by atoms with Crippen LogP contribution in [0.3, 0.4) is 0 Å². The minimum absolute atomic E-state index is 0.00219. The number of nitrogens with one attached hydrogen (secondary N) is 2. The van der Waals surface area contributed by atoms with E-state index in [4.69, 9.17) is 10.2 Å². The Morgan fingerprint density at radius 2 is 1.76 bits per heavy atom. The molecule has 0 saturated heterocycles. The second-order valence-electron chi connectivity index (χ2n) is 3.65. The van der Waals surface area contributed by atoms with E-state index in [0.717, 1.165) is 26.9 Å². The van der Waals surface area contributed by atoms with Crippen LogP contribution >= 0.6 is 31.4 Å². The van der Waals surface area contributed by atoms with Crippen molar-refractivity contribution < 1.29 is 33.0 Å². The highest BCUT2D eigenvalue weighted by atomic mass is 33.5. The first kappa shape index (κ1) is 20.4. The minimum Gasteiger partial charge on any atom is -0.480 e. The van der Waals surface area contributed by atoms with E-state index in [9.17, 15) is 22.8 Å². The molecule has 1 amide bonds. The SMILES string of the molecule is CC(=O)N[C@@H](CSSS[C@H](NS(C)(=O)=O)C(=O)O)C(=O)O. The predicted octanol–water partition coefficient (Wildman–Crippen LogP) is -0.435. The molecule has 0 bridgehead atoms. The number of carboxylic acid groups (broad SMARTS) is 2. The van der Waals surface area contributed by atoms with Gasteiger partial charge in [-0.2, -0.15) is 4.72 Å². The van der Waals surface area contributed by atoms with Gasteiger partial charge in [-0.1, -0.05) is 21.6 Å². The van der Waals surface area contributed by atoms with E-state index in [1.165, 1.54) is 6.92 Å². The molecule has 2 atom stereocenters. The van der Waals surface area contributed by atoms with E-state index in [0.29, 0.717) is 10.8 Å². The van der Waals surface area contributed by atoms with E-state index in [1.54, 1.807) is 0 Å². The summed E-state index contributed by atoms with van der Waals surface area (Å²) >= 11 is 0. The van der Waals surface area contributed by atoms with Gasteiger partial charge in [0.15, 0.2) is 5.37 Å². The first-order valence-electron chi connectivity index (χ1n) is 5.18. The third-order valence-corrected chi connectivity index (χ3v) is 6.69. The molecule has 0 radical (unpaired) electrons. The number of carbonyl (C=O) groups excluding carboxylic acids is 1. The second kappa shape index (κ2) is 9.40. The molecule has 0 aliphatic carbocycles. The van der Waals surface area contributed by atoms with Crippen LogP contribution in [0.15, 0.2) is 0 Å². The molecule has 0 aliphatic rings. The molecule has 0 aliphatic heterocycles. The zero-order chi connectivity index (χ0) is 16.6. The van der Waals surface area contributed by atoms with Gasteiger partial charge in [-0.25, -0.2) is 18.0 Å². The molecule has 0 saturated carbocycles. The highest BCUT2D eigenvalue weighted by Gasteiger charge is 2.23. The van der Waals surface area contributed by atoms with Gasteiger partial charge in [-0.05, 0) is 9.83 Å². The standard InChI is InChI=1S/C8H14N2O7S4/c1-4(11)9-5(7(12)13)3-18-20-19-6(8(14)15)10-21(2,16)17/h5-6,10H,3H2,1-2H3,(H,9,11)(H,12,13)(H,14,15)/t5-,6-/m0/s1. The quantitative estimate of drug-likeness (QED) is 0.224. The fourth-order valence-electron chi connectivity index (χ4n) is 0.889. The lowest BCUT2D eigenvalue weighted by molar-refractivity contribution is -0.140. The van der Waals surface area contributed by atoms with Gasteiger partial charge in [-0.15, -0.1) is 0 Å². The fourth-order valence-corrected chi connectivity index (χ4v) is 5.98. The summed E-state index contributed by atoms with van der Waals surface area (Å²) < 4.78 is 23.9. The first-order chi connectivity index (χ1) is 9.53. The summed E-state index contributed by atoms with van der Waals surface area (Å²) in [5.41, 5.74) is 0. The number of carbonyl (C=O) groups is 3. The number of amides is 1. The Balaban J connectivity index is 4.29. The Hall–Kier alpha value is -0.630. The number of hydrogen-bond acceptors (Lipinski definition) is 8. The number of hydrogen-bond donors (Lipinski definition) is 4. The van der Waals surface area contributed by atoms with Crippen LogP contribution in [0.5, 0.6) is 0 Å². The van der Waals surface area contributed by atoms with Gasteiger partial charge in [0.1, 0.15) is 6.04 Å². The molecule has 0 fully saturated rings. The third kappa shape index (κ3) is 10.7. The Morgan fingerprint density at radius 3 is 2.14 bits per heavy atom. The summed E-state index contributed by atoms with van der Waals surface area (Å²) in [7, 11) is -1.06. The van der Waals surface area contributed by atoms with Crippen molar-refractivity contribution in [3.63, 3.8) is 0 Å². The van der Waals surface area contributed by atoms with Crippen LogP contribution in [0.1, 0.15) is 6.92 Å². The molecule has 0 aromatic heterocycles. The van der Waals surface area contributed by atoms with Crippen LogP contribution in [0.25, 0.3) is 0 Å². The van der Waals surface area contributed by atoms with Crippen LogP contribution in [-0.2, 0) is 24.4 Å². The molecule has 0 unspecified atom stereocenters. The van der Waals surface area contributed by atoms with Crippen molar-refractivity contribution >= 4 is 59.3 Å². The molecular formula is C8H14N2O7S4. The van der Waals surface area contributed by atoms with Crippen molar-refractivity contribution in [1.82, 2.24) is 10.0 Å². The monoisotopic (exact) mass is 378 g/mol. The third-order valence-electron chi connectivity index (χ3n) is 1.64. The number of carboxylic acids is 2. The van der Waals surface area contributed by atoms with Crippen molar-refractivity contribution in [3.05, 3.63) is 0 Å². The van der Waals surface area contributed by atoms with E-state index in [2.05, 4.69) is 5.32 Å². The van der Waals surface area contributed by atoms with E-state index >= 15 is 0 Å². The maximum Gasteiger partial charge on any atom is 0.333 e. The fraction of sp³-hybridized carbons (Fsp3) is 0.625. The summed E-state index contributed by atoms with van der Waals surface area (Å²) in [4.78, 5) is 32.5. The van der Waals surface area contributed by atoms with Gasteiger partial charge in [0.2, 0.25) is 15.9 Å². The Kier molecular flexibility index (Phi) is 9.12. The summed E-state index contributed by atoms with van der Waals surface area (Å²) in [5.74, 6) is -3.08. The zero-order valence-corrected chi connectivity index (χ0v) is 14.2. The lowest BCUT2D eigenvalue weighted by Crippen LogP contribution is -2.41. The normalized spacial score (nSPS) is 14.2. The average molecular weight is 378 g/mol. The lowest BCUT2D eigenvalue weighted by atomic mass is 10.3. The molecule has 0 heterocycles. The molecule has 21 heavy (non-hydrogen) atoms. The molecule has 9 nitrogen and oxygen atoms in total. The maximum atomic E-state index is 11.0. The van der Waals surface area contributed by atoms with E-state index in [-0.39, 0.29) is 5.75 Å². The van der Waals surface area contributed by atoms with Crippen molar-refractivity contribution in [1.29, 1.82) is 0 Å². The molecule has 0 aromatic carbocycles. The topological polar surface area (TPSA) is 150 Å². The van der Waals surface area contributed by atoms with Crippen LogP contribution in [0.4, 0.5) is 0 Å². The van der Waals surface area contributed by atoms with Gasteiger partial charge < -0.3 is 15.5 Å². The lowest BCUT2D eigenvalue weighted by Gasteiger charge is -2.14. The van der Waals surface area contributed by atoms with Crippen LogP contribution in [0.2, 0.25) is 0 Å². The number of sulfonamides is 1. The molecule has 13 heteroatoms. The van der Waals surface area contributed by atoms with Crippen molar-refractivity contribution in [2.24, 2.45) is 0 Å². The first-order valence-corrected chi connectivity index (χ1v) is 10.8. The molecule has 122 valence electrons. The predicted molar refractivity (Wildman–Crippen MR) is 82.3 cm³/mol. The molecular weight excluding hydrogens is 364 g/mol. The van der Waals surface area contributed by atoms with Crippen LogP contribution in [-0.4, -0.2) is 59.9 Å². The highest BCUT2D eigenvalue weighted by Crippen LogP contribution is 2.37. The molecule has 4 N–H and O–H groups in total. The van der Waals surface area contributed by atoms with Crippen molar-refractivity contribution in [3.8, 4) is 0 Å². The number of aliphatic carboxylic acids is 2. The highest BCUT2D eigenvalue weighted by molar-refractivity contribution is 9.09. The summed E-state index contributed by atoms with van der Waals surface area (Å²) in [6.07, 6.45) is 0.832. The molecule has 0 aromatic rings. The van der Waals surface area contributed by atoms with Gasteiger partial charge >= 0.3 is 11.9 Å².